The summed E-state index contributed by atoms with van der Waals surface area (Å²) in [7, 11) is 0. The first kappa shape index (κ1) is 15.0. The van der Waals surface area contributed by atoms with Crippen LogP contribution in [-0.4, -0.2) is 30.3 Å². The van der Waals surface area contributed by atoms with E-state index in [0.717, 1.165) is 6.08 Å². The number of rotatable bonds is 5. The van der Waals surface area contributed by atoms with Gasteiger partial charge >= 0.3 is 11.9 Å². The number of aliphatic hydroxyl groups is 1. The minimum Gasteiger partial charge on any atom is -0.499 e. The molecule has 0 aromatic carbocycles. The van der Waals surface area contributed by atoms with E-state index < -0.39 is 23.1 Å². The van der Waals surface area contributed by atoms with E-state index in [4.69, 9.17) is 19.8 Å². The van der Waals surface area contributed by atoms with E-state index in [0.29, 0.717) is 0 Å². The number of allylic oxidation sites excluding steroid dienone is 1. The number of nitriles is 1. The van der Waals surface area contributed by atoms with Gasteiger partial charge in [-0.1, -0.05) is 0 Å². The molecule has 0 aliphatic rings. The van der Waals surface area contributed by atoms with Crippen LogP contribution in [0.3, 0.4) is 0 Å². The third-order valence-corrected chi connectivity index (χ3v) is 1.94. The summed E-state index contributed by atoms with van der Waals surface area (Å²) in [6.45, 7) is 4.54. The van der Waals surface area contributed by atoms with Crippen LogP contribution in [0.25, 0.3) is 0 Å². The Bertz CT molecular complexity index is 349. The minimum absolute atomic E-state index is 0.0784. The molecule has 0 unspecified atom stereocenters. The van der Waals surface area contributed by atoms with E-state index in [1.807, 2.05) is 0 Å². The molecule has 0 amide bonds. The maximum Gasteiger partial charge on any atom is 0.327 e. The summed E-state index contributed by atoms with van der Waals surface area (Å²) in [4.78, 5) is 23.3. The lowest BCUT2D eigenvalue weighted by molar-refractivity contribution is -0.166. The normalized spacial score (nSPS) is 11.5. The first-order valence-electron chi connectivity index (χ1n) is 5.08. The second-order valence-corrected chi connectivity index (χ2v) is 3.28. The highest BCUT2D eigenvalue weighted by atomic mass is 16.6. The van der Waals surface area contributed by atoms with Crippen molar-refractivity contribution in [1.82, 2.24) is 0 Å². The molecule has 0 aliphatic heterocycles. The lowest BCUT2D eigenvalue weighted by atomic mass is 9.90. The van der Waals surface area contributed by atoms with Gasteiger partial charge in [0.25, 0.3) is 0 Å². The Labute approximate surface area is 99.4 Å². The van der Waals surface area contributed by atoms with E-state index in [1.165, 1.54) is 13.0 Å². The number of carbonyl (C=O) groups is 2. The zero-order valence-electron chi connectivity index (χ0n) is 10.0. The third kappa shape index (κ3) is 3.79. The third-order valence-electron chi connectivity index (χ3n) is 1.94. The summed E-state index contributed by atoms with van der Waals surface area (Å²) in [5.74, 6) is -2.49. The Hall–Kier alpha value is -2.03. The van der Waals surface area contributed by atoms with Gasteiger partial charge in [0, 0.05) is 0 Å². The van der Waals surface area contributed by atoms with Crippen molar-refractivity contribution >= 4 is 11.9 Å². The number of esters is 2. The first-order valence-corrected chi connectivity index (χ1v) is 5.08. The molecular weight excluding hydrogens is 226 g/mol. The average Bonchev–Trinajstić information content (AvgIpc) is 2.29. The molecule has 0 rings (SSSR count). The van der Waals surface area contributed by atoms with Crippen LogP contribution < -0.4 is 0 Å². The van der Waals surface area contributed by atoms with Crippen molar-refractivity contribution in [3.05, 3.63) is 11.8 Å². The number of ether oxygens (including phenoxy) is 2. The number of hydrogen-bond acceptors (Lipinski definition) is 6. The fourth-order valence-corrected chi connectivity index (χ4v) is 1.07. The van der Waals surface area contributed by atoms with Crippen molar-refractivity contribution in [1.29, 1.82) is 5.26 Å². The lowest BCUT2D eigenvalue weighted by Gasteiger charge is -2.21. The molecule has 0 saturated heterocycles. The second kappa shape index (κ2) is 6.53. The Kier molecular flexibility index (Phi) is 5.75. The molecule has 0 aromatic rings. The van der Waals surface area contributed by atoms with Crippen molar-refractivity contribution < 1.29 is 24.2 Å². The van der Waals surface area contributed by atoms with E-state index >= 15 is 0 Å². The molecule has 0 radical (unpaired) electrons. The van der Waals surface area contributed by atoms with Crippen LogP contribution in [0, 0.1) is 16.7 Å². The quantitative estimate of drug-likeness (QED) is 0.254. The standard InChI is InChI=1S/C11H15NO5/c1-4-16-9(14)11(3,6-8(13)7-12)10(15)17-5-2/h6,13H,4-5H2,1-3H3. The fraction of sp³-hybridized carbons (Fsp3) is 0.545. The van der Waals surface area contributed by atoms with Gasteiger partial charge in [0.1, 0.15) is 6.07 Å². The summed E-state index contributed by atoms with van der Waals surface area (Å²) in [6, 6.07) is 1.42. The fourth-order valence-electron chi connectivity index (χ4n) is 1.07. The molecule has 0 bridgehead atoms. The van der Waals surface area contributed by atoms with Gasteiger partial charge < -0.3 is 14.6 Å². The summed E-state index contributed by atoms with van der Waals surface area (Å²) >= 11 is 0. The van der Waals surface area contributed by atoms with Crippen molar-refractivity contribution in [2.45, 2.75) is 20.8 Å². The molecule has 1 N–H and O–H groups in total. The molecule has 0 saturated carbocycles. The molecule has 0 aliphatic carbocycles. The molecule has 17 heavy (non-hydrogen) atoms. The van der Waals surface area contributed by atoms with Crippen LogP contribution in [0.4, 0.5) is 0 Å². The predicted molar refractivity (Wildman–Crippen MR) is 57.7 cm³/mol. The summed E-state index contributed by atoms with van der Waals surface area (Å²) in [5.41, 5.74) is -1.81. The SMILES string of the molecule is CCOC(=O)C(C)(C=C(O)C#N)C(=O)OCC. The number of hydrogen-bond donors (Lipinski definition) is 1. The molecule has 0 heterocycles. The molecule has 6 nitrogen and oxygen atoms in total. The van der Waals surface area contributed by atoms with Crippen LogP contribution in [0.15, 0.2) is 11.8 Å². The van der Waals surface area contributed by atoms with Gasteiger partial charge in [-0.15, -0.1) is 0 Å². The Morgan fingerprint density at radius 1 is 1.29 bits per heavy atom. The van der Waals surface area contributed by atoms with E-state index in [-0.39, 0.29) is 13.2 Å². The molecule has 0 spiro atoms. The Morgan fingerprint density at radius 3 is 2.00 bits per heavy atom. The summed E-state index contributed by atoms with van der Waals surface area (Å²) in [6.07, 6.45) is 0.822. The van der Waals surface area contributed by atoms with Crippen LogP contribution in [0.1, 0.15) is 20.8 Å². The number of aliphatic hydroxyl groups excluding tert-OH is 1. The zero-order chi connectivity index (χ0) is 13.5. The molecule has 0 aromatic heterocycles. The van der Waals surface area contributed by atoms with Crippen LogP contribution in [0.2, 0.25) is 0 Å². The highest BCUT2D eigenvalue weighted by molar-refractivity contribution is 6.02. The van der Waals surface area contributed by atoms with Gasteiger partial charge in [-0.2, -0.15) is 5.26 Å². The van der Waals surface area contributed by atoms with Crippen molar-refractivity contribution in [3.63, 3.8) is 0 Å². The van der Waals surface area contributed by atoms with Crippen molar-refractivity contribution in [3.8, 4) is 6.07 Å². The zero-order valence-corrected chi connectivity index (χ0v) is 10.0. The predicted octanol–water partition coefficient (Wildman–Crippen LogP) is 1.08. The maximum absolute atomic E-state index is 11.6. The summed E-state index contributed by atoms with van der Waals surface area (Å²) in [5, 5.41) is 17.6. The van der Waals surface area contributed by atoms with Gasteiger partial charge in [-0.3, -0.25) is 9.59 Å². The van der Waals surface area contributed by atoms with Crippen LogP contribution in [0.5, 0.6) is 0 Å². The van der Waals surface area contributed by atoms with Gasteiger partial charge in [0.15, 0.2) is 11.2 Å². The maximum atomic E-state index is 11.6. The van der Waals surface area contributed by atoms with Gasteiger partial charge in [0.2, 0.25) is 0 Å². The highest BCUT2D eigenvalue weighted by Crippen LogP contribution is 2.24. The Morgan fingerprint density at radius 2 is 1.71 bits per heavy atom. The molecular formula is C11H15NO5. The largest absolute Gasteiger partial charge is 0.499 e. The smallest absolute Gasteiger partial charge is 0.327 e. The molecule has 94 valence electrons. The van der Waals surface area contributed by atoms with E-state index in [1.54, 1.807) is 13.8 Å². The molecule has 0 fully saturated rings. The van der Waals surface area contributed by atoms with Crippen LogP contribution >= 0.6 is 0 Å². The van der Waals surface area contributed by atoms with Gasteiger partial charge in [0.05, 0.1) is 13.2 Å². The number of carbonyl (C=O) groups excluding carboxylic acids is 2. The minimum atomic E-state index is -1.81. The summed E-state index contributed by atoms with van der Waals surface area (Å²) < 4.78 is 9.43. The second-order valence-electron chi connectivity index (χ2n) is 3.28. The van der Waals surface area contributed by atoms with Gasteiger partial charge in [-0.05, 0) is 26.8 Å². The van der Waals surface area contributed by atoms with E-state index in [2.05, 4.69) is 0 Å². The lowest BCUT2D eigenvalue weighted by Crippen LogP contribution is -2.38. The monoisotopic (exact) mass is 241 g/mol. The van der Waals surface area contributed by atoms with E-state index in [9.17, 15) is 9.59 Å². The number of nitrogens with zero attached hydrogens (tertiary/aromatic N) is 1. The molecule has 6 heteroatoms. The first-order chi connectivity index (χ1) is 7.92. The van der Waals surface area contributed by atoms with Crippen LogP contribution in [-0.2, 0) is 19.1 Å². The molecule has 0 atom stereocenters. The van der Waals surface area contributed by atoms with Crippen molar-refractivity contribution in [2.24, 2.45) is 5.41 Å². The average molecular weight is 241 g/mol. The van der Waals surface area contributed by atoms with Gasteiger partial charge in [-0.25, -0.2) is 0 Å². The topological polar surface area (TPSA) is 96.6 Å². The Balaban J connectivity index is 5.29. The van der Waals surface area contributed by atoms with Crippen molar-refractivity contribution in [2.75, 3.05) is 13.2 Å². The highest BCUT2D eigenvalue weighted by Gasteiger charge is 2.43.